The molecule has 0 radical (unpaired) electrons. The van der Waals surface area contributed by atoms with Gasteiger partial charge >= 0.3 is 0 Å². The molecule has 1 aromatic heterocycles. The third-order valence-corrected chi connectivity index (χ3v) is 2.25. The Kier molecular flexibility index (Phi) is 3.88. The highest BCUT2D eigenvalue weighted by molar-refractivity contribution is 5.75. The summed E-state index contributed by atoms with van der Waals surface area (Å²) >= 11 is 0. The number of nitrogens with two attached hydrogens (primary N) is 2. The average molecular weight is 211 g/mol. The minimum atomic E-state index is -0.376. The number of hydrogen-bond donors (Lipinski definition) is 2. The number of hydrogen-bond acceptors (Lipinski definition) is 4. The van der Waals surface area contributed by atoms with Gasteiger partial charge in [0, 0.05) is 6.54 Å². The van der Waals surface area contributed by atoms with Crippen LogP contribution in [0, 0.1) is 6.92 Å². The van der Waals surface area contributed by atoms with Crippen LogP contribution in [0.4, 0.5) is 0 Å². The number of carbonyl (C=O) groups is 1. The van der Waals surface area contributed by atoms with Crippen molar-refractivity contribution in [1.29, 1.82) is 0 Å². The predicted molar refractivity (Wildman–Crippen MR) is 57.1 cm³/mol. The minimum Gasteiger partial charge on any atom is -0.465 e. The normalized spacial score (nSPS) is 13.1. The van der Waals surface area contributed by atoms with Gasteiger partial charge in [0.05, 0.1) is 12.6 Å². The molecule has 0 fully saturated rings. The average Bonchev–Trinajstić information content (AvgIpc) is 2.51. The monoisotopic (exact) mass is 211 g/mol. The number of furan rings is 1. The summed E-state index contributed by atoms with van der Waals surface area (Å²) < 4.78 is 5.47. The van der Waals surface area contributed by atoms with Gasteiger partial charge in [-0.1, -0.05) is 0 Å². The Hall–Kier alpha value is -1.33. The van der Waals surface area contributed by atoms with E-state index in [0.29, 0.717) is 6.54 Å². The molecule has 1 unspecified atom stereocenters. The third-order valence-electron chi connectivity index (χ3n) is 2.25. The van der Waals surface area contributed by atoms with E-state index in [-0.39, 0.29) is 18.5 Å². The first-order valence-electron chi connectivity index (χ1n) is 4.79. The van der Waals surface area contributed by atoms with Crippen molar-refractivity contribution >= 4 is 5.91 Å². The van der Waals surface area contributed by atoms with Gasteiger partial charge in [0.2, 0.25) is 5.91 Å². The van der Waals surface area contributed by atoms with Crippen molar-refractivity contribution in [3.63, 3.8) is 0 Å². The van der Waals surface area contributed by atoms with Gasteiger partial charge in [-0.2, -0.15) is 0 Å². The van der Waals surface area contributed by atoms with Crippen molar-refractivity contribution in [2.75, 3.05) is 20.1 Å². The molecule has 0 aliphatic carbocycles. The Bertz CT molecular complexity index is 335. The lowest BCUT2D eigenvalue weighted by atomic mass is 10.2. The van der Waals surface area contributed by atoms with Crippen molar-refractivity contribution in [1.82, 2.24) is 4.90 Å². The lowest BCUT2D eigenvalue weighted by molar-refractivity contribution is -0.119. The van der Waals surface area contributed by atoms with E-state index in [1.807, 2.05) is 19.1 Å². The van der Waals surface area contributed by atoms with Crippen LogP contribution in [-0.2, 0) is 4.79 Å². The van der Waals surface area contributed by atoms with E-state index in [1.54, 1.807) is 11.9 Å². The van der Waals surface area contributed by atoms with Gasteiger partial charge in [-0.15, -0.1) is 0 Å². The van der Waals surface area contributed by atoms with Crippen LogP contribution in [0.15, 0.2) is 16.5 Å². The number of nitrogens with zero attached hydrogens (tertiary/aromatic N) is 1. The van der Waals surface area contributed by atoms with Crippen molar-refractivity contribution in [2.45, 2.75) is 13.0 Å². The van der Waals surface area contributed by atoms with E-state index in [1.165, 1.54) is 0 Å². The van der Waals surface area contributed by atoms with Gasteiger partial charge in [-0.3, -0.25) is 9.69 Å². The lowest BCUT2D eigenvalue weighted by Gasteiger charge is -2.23. The van der Waals surface area contributed by atoms with Gasteiger partial charge in [0.25, 0.3) is 0 Å². The summed E-state index contributed by atoms with van der Waals surface area (Å²) in [7, 11) is 1.79. The topological polar surface area (TPSA) is 85.5 Å². The second-order valence-electron chi connectivity index (χ2n) is 3.58. The molecule has 0 saturated carbocycles. The van der Waals surface area contributed by atoms with Crippen molar-refractivity contribution < 1.29 is 9.21 Å². The number of primary amides is 1. The fourth-order valence-corrected chi connectivity index (χ4v) is 1.50. The Balaban J connectivity index is 2.74. The molecule has 1 heterocycles. The van der Waals surface area contributed by atoms with E-state index < -0.39 is 0 Å². The number of amides is 1. The summed E-state index contributed by atoms with van der Waals surface area (Å²) in [5.74, 6) is 1.22. The molecule has 0 spiro atoms. The summed E-state index contributed by atoms with van der Waals surface area (Å²) in [4.78, 5) is 12.6. The largest absolute Gasteiger partial charge is 0.465 e. The van der Waals surface area contributed by atoms with Crippen LogP contribution < -0.4 is 11.5 Å². The standard InChI is InChI=1S/C10H17N3O2/c1-7-3-4-9(15-7)8(5-11)13(2)6-10(12)14/h3-4,8H,5-6,11H2,1-2H3,(H2,12,14). The van der Waals surface area contributed by atoms with Gasteiger partial charge in [-0.05, 0) is 26.1 Å². The summed E-state index contributed by atoms with van der Waals surface area (Å²) in [6.45, 7) is 2.42. The maximum Gasteiger partial charge on any atom is 0.231 e. The highest BCUT2D eigenvalue weighted by atomic mass is 16.3. The first-order valence-corrected chi connectivity index (χ1v) is 4.79. The van der Waals surface area contributed by atoms with E-state index >= 15 is 0 Å². The Labute approximate surface area is 89.0 Å². The van der Waals surface area contributed by atoms with Crippen LogP contribution in [0.5, 0.6) is 0 Å². The molecule has 0 aromatic carbocycles. The zero-order valence-corrected chi connectivity index (χ0v) is 9.06. The van der Waals surface area contributed by atoms with Crippen LogP contribution in [0.3, 0.4) is 0 Å². The zero-order chi connectivity index (χ0) is 11.4. The Morgan fingerprint density at radius 1 is 1.60 bits per heavy atom. The Morgan fingerprint density at radius 2 is 2.27 bits per heavy atom. The number of likely N-dealkylation sites (N-methyl/N-ethyl adjacent to an activating group) is 1. The molecule has 84 valence electrons. The third kappa shape index (κ3) is 3.07. The van der Waals surface area contributed by atoms with E-state index in [2.05, 4.69) is 0 Å². The Morgan fingerprint density at radius 3 is 2.67 bits per heavy atom. The summed E-state index contributed by atoms with van der Waals surface area (Å²) in [5, 5.41) is 0. The molecular weight excluding hydrogens is 194 g/mol. The van der Waals surface area contributed by atoms with Crippen molar-refractivity contribution in [2.24, 2.45) is 11.5 Å². The molecule has 4 N–H and O–H groups in total. The SMILES string of the molecule is Cc1ccc(C(CN)N(C)CC(N)=O)o1. The maximum atomic E-state index is 10.8. The van der Waals surface area contributed by atoms with E-state index in [4.69, 9.17) is 15.9 Å². The minimum absolute atomic E-state index is 0.105. The van der Waals surface area contributed by atoms with Crippen LogP contribution >= 0.6 is 0 Å². The number of carbonyl (C=O) groups excluding carboxylic acids is 1. The van der Waals surface area contributed by atoms with Gasteiger partial charge in [0.1, 0.15) is 11.5 Å². The first-order chi connectivity index (χ1) is 7.04. The molecule has 0 bridgehead atoms. The molecule has 15 heavy (non-hydrogen) atoms. The van der Waals surface area contributed by atoms with Gasteiger partial charge in [-0.25, -0.2) is 0 Å². The second kappa shape index (κ2) is 4.95. The highest BCUT2D eigenvalue weighted by Crippen LogP contribution is 2.20. The smallest absolute Gasteiger partial charge is 0.231 e. The lowest BCUT2D eigenvalue weighted by Crippen LogP contribution is -2.36. The van der Waals surface area contributed by atoms with Crippen LogP contribution in [0.2, 0.25) is 0 Å². The molecular formula is C10H17N3O2. The first kappa shape index (κ1) is 11.7. The molecule has 0 saturated heterocycles. The molecule has 0 aliphatic heterocycles. The van der Waals surface area contributed by atoms with Crippen molar-refractivity contribution in [3.8, 4) is 0 Å². The van der Waals surface area contributed by atoms with E-state index in [9.17, 15) is 4.79 Å². The van der Waals surface area contributed by atoms with Gasteiger partial charge < -0.3 is 15.9 Å². The van der Waals surface area contributed by atoms with Crippen LogP contribution in [-0.4, -0.2) is 30.9 Å². The number of aryl methyl sites for hydroxylation is 1. The van der Waals surface area contributed by atoms with Crippen LogP contribution in [0.1, 0.15) is 17.6 Å². The quantitative estimate of drug-likeness (QED) is 0.718. The summed E-state index contributed by atoms with van der Waals surface area (Å²) in [6, 6.07) is 3.63. The fourth-order valence-electron chi connectivity index (χ4n) is 1.50. The van der Waals surface area contributed by atoms with Gasteiger partial charge in [0.15, 0.2) is 0 Å². The molecule has 1 atom stereocenters. The molecule has 0 aliphatic rings. The molecule has 1 amide bonds. The summed E-state index contributed by atoms with van der Waals surface area (Å²) in [5.41, 5.74) is 10.8. The maximum absolute atomic E-state index is 10.8. The molecule has 5 heteroatoms. The van der Waals surface area contributed by atoms with Crippen molar-refractivity contribution in [3.05, 3.63) is 23.7 Å². The molecule has 1 rings (SSSR count). The second-order valence-corrected chi connectivity index (χ2v) is 3.58. The number of rotatable bonds is 5. The zero-order valence-electron chi connectivity index (χ0n) is 9.06. The van der Waals surface area contributed by atoms with Crippen LogP contribution in [0.25, 0.3) is 0 Å². The van der Waals surface area contributed by atoms with E-state index in [0.717, 1.165) is 11.5 Å². The predicted octanol–water partition coefficient (Wildman–Crippen LogP) is 0.00492. The molecule has 1 aromatic rings. The fraction of sp³-hybridized carbons (Fsp3) is 0.500. The highest BCUT2D eigenvalue weighted by Gasteiger charge is 2.19. The summed E-state index contributed by atoms with van der Waals surface area (Å²) in [6.07, 6.45) is 0. The molecule has 5 nitrogen and oxygen atoms in total.